The van der Waals surface area contributed by atoms with Gasteiger partial charge in [0.05, 0.1) is 6.61 Å². The molecule has 0 amide bonds. The number of rotatable bonds is 15. The number of esters is 1. The summed E-state index contributed by atoms with van der Waals surface area (Å²) in [4.78, 5) is 11.2. The summed E-state index contributed by atoms with van der Waals surface area (Å²) in [6.45, 7) is 2.31. The number of hydrogen-bond donors (Lipinski definition) is 1. The molecule has 3 heteroatoms. The molecule has 0 rings (SSSR count). The summed E-state index contributed by atoms with van der Waals surface area (Å²) >= 11 is 0. The van der Waals surface area contributed by atoms with Crippen LogP contribution in [-0.2, 0) is 9.53 Å². The molecule has 0 aliphatic rings. The largest absolute Gasteiger partial charge is 0.463 e. The third kappa shape index (κ3) is 15.5. The van der Waals surface area contributed by atoms with E-state index in [4.69, 9.17) is 9.84 Å². The van der Waals surface area contributed by atoms with Gasteiger partial charge in [0.25, 0.3) is 0 Å². The first-order valence-electron chi connectivity index (χ1n) is 8.57. The zero-order valence-electron chi connectivity index (χ0n) is 13.4. The van der Waals surface area contributed by atoms with Crippen LogP contribution in [0.3, 0.4) is 0 Å². The second-order valence-electron chi connectivity index (χ2n) is 5.58. The Morgan fingerprint density at radius 3 is 1.70 bits per heavy atom. The van der Waals surface area contributed by atoms with E-state index < -0.39 is 0 Å². The highest BCUT2D eigenvalue weighted by Gasteiger charge is 2.01. The van der Waals surface area contributed by atoms with E-state index in [9.17, 15) is 4.79 Å². The van der Waals surface area contributed by atoms with Crippen molar-refractivity contribution in [3.63, 3.8) is 0 Å². The second kappa shape index (κ2) is 16.5. The first-order chi connectivity index (χ1) is 9.81. The Morgan fingerprint density at radius 2 is 1.25 bits per heavy atom. The molecule has 0 saturated carbocycles. The fourth-order valence-corrected chi connectivity index (χ4v) is 2.34. The van der Waals surface area contributed by atoms with Crippen molar-refractivity contribution in [2.45, 2.75) is 90.4 Å². The molecule has 0 aromatic heterocycles. The van der Waals surface area contributed by atoms with Crippen LogP contribution in [0.5, 0.6) is 0 Å². The van der Waals surface area contributed by atoms with Gasteiger partial charge >= 0.3 is 5.97 Å². The van der Waals surface area contributed by atoms with Crippen LogP contribution in [-0.4, -0.2) is 24.3 Å². The van der Waals surface area contributed by atoms with Crippen LogP contribution in [0.1, 0.15) is 90.4 Å². The van der Waals surface area contributed by atoms with Gasteiger partial charge in [-0.3, -0.25) is 4.79 Å². The van der Waals surface area contributed by atoms with Gasteiger partial charge in [0.1, 0.15) is 6.61 Å². The quantitative estimate of drug-likeness (QED) is 0.353. The summed E-state index contributed by atoms with van der Waals surface area (Å²) in [5.41, 5.74) is 0. The van der Waals surface area contributed by atoms with Gasteiger partial charge < -0.3 is 9.84 Å². The molecule has 1 N–H and O–H groups in total. The van der Waals surface area contributed by atoms with Crippen LogP contribution in [0.15, 0.2) is 0 Å². The van der Waals surface area contributed by atoms with Crippen molar-refractivity contribution in [1.82, 2.24) is 0 Å². The molecule has 0 saturated heterocycles. The van der Waals surface area contributed by atoms with E-state index in [1.807, 2.05) is 0 Å². The molecule has 0 radical (unpaired) electrons. The van der Waals surface area contributed by atoms with Crippen molar-refractivity contribution < 1.29 is 14.6 Å². The summed E-state index contributed by atoms with van der Waals surface area (Å²) in [5.74, 6) is -0.175. The van der Waals surface area contributed by atoms with Crippen molar-refractivity contribution in [1.29, 1.82) is 0 Å². The number of aliphatic hydroxyl groups excluding tert-OH is 1. The average molecular weight is 286 g/mol. The van der Waals surface area contributed by atoms with Crippen LogP contribution < -0.4 is 0 Å². The zero-order chi connectivity index (χ0) is 14.9. The van der Waals surface area contributed by atoms with Gasteiger partial charge in [0.2, 0.25) is 0 Å². The van der Waals surface area contributed by atoms with Gasteiger partial charge in [-0.25, -0.2) is 0 Å². The standard InChI is InChI=1S/C17H34O3/c1-2-3-4-5-6-7-8-9-10-11-12-13-14-17(19)20-16-15-18/h18H,2-16H2,1H3. The van der Waals surface area contributed by atoms with Crippen molar-refractivity contribution >= 4 is 5.97 Å². The lowest BCUT2D eigenvalue weighted by molar-refractivity contribution is -0.144. The summed E-state index contributed by atoms with van der Waals surface area (Å²) < 4.78 is 4.80. The Kier molecular flexibility index (Phi) is 16.0. The second-order valence-corrected chi connectivity index (χ2v) is 5.58. The van der Waals surface area contributed by atoms with Crippen LogP contribution in [0.25, 0.3) is 0 Å². The molecule has 0 aliphatic heterocycles. The van der Waals surface area contributed by atoms with Gasteiger partial charge in [-0.15, -0.1) is 0 Å². The third-order valence-electron chi connectivity index (χ3n) is 3.59. The predicted octanol–water partition coefficient (Wildman–Crippen LogP) is 4.61. The molecule has 0 heterocycles. The van der Waals surface area contributed by atoms with Gasteiger partial charge in [0, 0.05) is 6.42 Å². The summed E-state index contributed by atoms with van der Waals surface area (Å²) in [6.07, 6.45) is 16.1. The summed E-state index contributed by atoms with van der Waals surface area (Å²) in [7, 11) is 0. The van der Waals surface area contributed by atoms with Gasteiger partial charge in [0.15, 0.2) is 0 Å². The smallest absolute Gasteiger partial charge is 0.305 e. The highest BCUT2D eigenvalue weighted by molar-refractivity contribution is 5.69. The fraction of sp³-hybridized carbons (Fsp3) is 0.941. The molecule has 0 aliphatic carbocycles. The van der Waals surface area contributed by atoms with Gasteiger partial charge in [-0.2, -0.15) is 0 Å². The maximum Gasteiger partial charge on any atom is 0.305 e. The minimum absolute atomic E-state index is 0.0792. The lowest BCUT2D eigenvalue weighted by Gasteiger charge is -2.03. The number of carbonyl (C=O) groups is 1. The predicted molar refractivity (Wildman–Crippen MR) is 83.7 cm³/mol. The van der Waals surface area contributed by atoms with E-state index >= 15 is 0 Å². The molecule has 0 atom stereocenters. The van der Waals surface area contributed by atoms with Crippen LogP contribution >= 0.6 is 0 Å². The van der Waals surface area contributed by atoms with Crippen molar-refractivity contribution in [3.8, 4) is 0 Å². The molecule has 120 valence electrons. The first kappa shape index (κ1) is 19.4. The highest BCUT2D eigenvalue weighted by atomic mass is 16.5. The SMILES string of the molecule is CCCCCCCCCCCCCCC(=O)OCCO. The molecule has 0 fully saturated rings. The zero-order valence-corrected chi connectivity index (χ0v) is 13.4. The van der Waals surface area contributed by atoms with Gasteiger partial charge in [-0.05, 0) is 6.42 Å². The molecule has 20 heavy (non-hydrogen) atoms. The maximum absolute atomic E-state index is 11.2. The Hall–Kier alpha value is -0.570. The van der Waals surface area contributed by atoms with E-state index in [1.165, 1.54) is 64.2 Å². The Bertz CT molecular complexity index is 204. The van der Waals surface area contributed by atoms with Crippen molar-refractivity contribution in [2.24, 2.45) is 0 Å². The number of aliphatic hydroxyl groups is 1. The Balaban J connectivity index is 3.04. The Labute approximate surface area is 125 Å². The number of carbonyl (C=O) groups excluding carboxylic acids is 1. The molecule has 0 bridgehead atoms. The molecule has 0 unspecified atom stereocenters. The van der Waals surface area contributed by atoms with Gasteiger partial charge in [-0.1, -0.05) is 77.6 Å². The van der Waals surface area contributed by atoms with Crippen LogP contribution in [0, 0.1) is 0 Å². The molecule has 0 aromatic carbocycles. The van der Waals surface area contributed by atoms with Crippen LogP contribution in [0.4, 0.5) is 0 Å². The number of ether oxygens (including phenoxy) is 1. The maximum atomic E-state index is 11.2. The first-order valence-corrected chi connectivity index (χ1v) is 8.57. The van der Waals surface area contributed by atoms with Crippen LogP contribution in [0.2, 0.25) is 0 Å². The molecule has 0 aromatic rings. The average Bonchev–Trinajstić information content (AvgIpc) is 2.46. The van der Waals surface area contributed by atoms with E-state index in [2.05, 4.69) is 6.92 Å². The minimum Gasteiger partial charge on any atom is -0.463 e. The molecule has 0 spiro atoms. The topological polar surface area (TPSA) is 46.5 Å². The van der Waals surface area contributed by atoms with Crippen molar-refractivity contribution in [2.75, 3.05) is 13.2 Å². The highest BCUT2D eigenvalue weighted by Crippen LogP contribution is 2.12. The summed E-state index contributed by atoms with van der Waals surface area (Å²) in [6, 6.07) is 0. The monoisotopic (exact) mass is 286 g/mol. The van der Waals surface area contributed by atoms with E-state index in [0.717, 1.165) is 12.8 Å². The lowest BCUT2D eigenvalue weighted by atomic mass is 10.0. The molecule has 3 nitrogen and oxygen atoms in total. The van der Waals surface area contributed by atoms with Crippen molar-refractivity contribution in [3.05, 3.63) is 0 Å². The lowest BCUT2D eigenvalue weighted by Crippen LogP contribution is -2.07. The molecular weight excluding hydrogens is 252 g/mol. The van der Waals surface area contributed by atoms with E-state index in [1.54, 1.807) is 0 Å². The number of unbranched alkanes of at least 4 members (excludes halogenated alkanes) is 11. The molecular formula is C17H34O3. The normalized spacial score (nSPS) is 10.7. The minimum atomic E-state index is -0.175. The fourth-order valence-electron chi connectivity index (χ4n) is 2.34. The summed E-state index contributed by atoms with van der Waals surface area (Å²) in [5, 5.41) is 8.51. The van der Waals surface area contributed by atoms with E-state index in [-0.39, 0.29) is 19.2 Å². The van der Waals surface area contributed by atoms with E-state index in [0.29, 0.717) is 6.42 Å². The third-order valence-corrected chi connectivity index (χ3v) is 3.59. The Morgan fingerprint density at radius 1 is 0.800 bits per heavy atom. The number of hydrogen-bond acceptors (Lipinski definition) is 3.